The first-order valence-electron chi connectivity index (χ1n) is 6.38. The zero-order chi connectivity index (χ0) is 14.3. The minimum atomic E-state index is -0.275. The van der Waals surface area contributed by atoms with Crippen LogP contribution in [0.2, 0.25) is 0 Å². The molecule has 1 amide bonds. The third-order valence-electron chi connectivity index (χ3n) is 3.47. The quantitative estimate of drug-likeness (QED) is 0.452. The maximum Gasteiger partial charge on any atom is 0.324 e. The lowest BCUT2D eigenvalue weighted by Crippen LogP contribution is -2.29. The van der Waals surface area contributed by atoms with Gasteiger partial charge in [-0.15, -0.1) is 0 Å². The van der Waals surface area contributed by atoms with Crippen molar-refractivity contribution in [1.29, 1.82) is 0 Å². The number of amides is 1. The van der Waals surface area contributed by atoms with Gasteiger partial charge in [-0.1, -0.05) is 24.3 Å². The van der Waals surface area contributed by atoms with Crippen LogP contribution in [0.25, 0.3) is 0 Å². The van der Waals surface area contributed by atoms with Crippen molar-refractivity contribution in [2.75, 3.05) is 11.9 Å². The van der Waals surface area contributed by atoms with Gasteiger partial charge in [0.25, 0.3) is 5.71 Å². The van der Waals surface area contributed by atoms with Gasteiger partial charge in [0.2, 0.25) is 5.69 Å². The fraction of sp³-hybridized carbons (Fsp3) is 0.125. The number of hydrogen-bond donors (Lipinski definition) is 0. The molecular formula is C16H14N2O2. The van der Waals surface area contributed by atoms with Crippen molar-refractivity contribution in [3.63, 3.8) is 0 Å². The molecule has 1 aliphatic rings. The van der Waals surface area contributed by atoms with Crippen molar-refractivity contribution in [3.8, 4) is 0 Å². The SMILES string of the molecule is Cc1cccc(/[N+]([O-])=C2\C(=O)N(C)c3ccccc32)c1. The molecule has 0 saturated heterocycles. The molecule has 0 atom stereocenters. The Morgan fingerprint density at radius 2 is 1.85 bits per heavy atom. The molecule has 0 N–H and O–H groups in total. The lowest BCUT2D eigenvalue weighted by molar-refractivity contribution is -0.359. The lowest BCUT2D eigenvalue weighted by Gasteiger charge is -2.08. The maximum atomic E-state index is 12.6. The van der Waals surface area contributed by atoms with Crippen LogP contribution in [-0.2, 0) is 4.79 Å². The summed E-state index contributed by atoms with van der Waals surface area (Å²) in [6.45, 7) is 1.92. The van der Waals surface area contributed by atoms with Crippen molar-refractivity contribution < 1.29 is 9.53 Å². The molecule has 0 spiro atoms. The second-order valence-corrected chi connectivity index (χ2v) is 4.86. The Morgan fingerprint density at radius 1 is 1.10 bits per heavy atom. The maximum absolute atomic E-state index is 12.6. The molecule has 1 aliphatic heterocycles. The number of para-hydroxylation sites is 1. The first kappa shape index (κ1) is 12.4. The molecule has 3 rings (SSSR count). The molecular weight excluding hydrogens is 252 g/mol. The van der Waals surface area contributed by atoms with Crippen LogP contribution < -0.4 is 4.90 Å². The van der Waals surface area contributed by atoms with Crippen molar-refractivity contribution >= 4 is 23.0 Å². The average Bonchev–Trinajstić information content (AvgIpc) is 2.71. The van der Waals surface area contributed by atoms with Crippen molar-refractivity contribution in [3.05, 3.63) is 64.9 Å². The Kier molecular flexibility index (Phi) is 2.79. The minimum absolute atomic E-state index is 0.175. The van der Waals surface area contributed by atoms with Gasteiger partial charge in [-0.3, -0.25) is 4.79 Å². The molecule has 0 saturated carbocycles. The molecule has 2 aromatic rings. The van der Waals surface area contributed by atoms with Gasteiger partial charge in [0.15, 0.2) is 0 Å². The topological polar surface area (TPSA) is 46.4 Å². The number of aryl methyl sites for hydroxylation is 1. The second kappa shape index (κ2) is 4.49. The summed E-state index contributed by atoms with van der Waals surface area (Å²) in [5, 5.41) is 12.6. The van der Waals surface area contributed by atoms with Crippen LogP contribution in [0.1, 0.15) is 11.1 Å². The summed E-state index contributed by atoms with van der Waals surface area (Å²) in [5.74, 6) is -0.275. The summed E-state index contributed by atoms with van der Waals surface area (Å²) in [4.78, 5) is 13.8. The van der Waals surface area contributed by atoms with Crippen molar-refractivity contribution in [1.82, 2.24) is 0 Å². The monoisotopic (exact) mass is 266 g/mol. The number of nitrogens with zero attached hydrogens (tertiary/aromatic N) is 2. The molecule has 0 unspecified atom stereocenters. The zero-order valence-electron chi connectivity index (χ0n) is 11.3. The van der Waals surface area contributed by atoms with Gasteiger partial charge < -0.3 is 10.1 Å². The minimum Gasteiger partial charge on any atom is -0.618 e. The molecule has 20 heavy (non-hydrogen) atoms. The molecule has 4 heteroatoms. The second-order valence-electron chi connectivity index (χ2n) is 4.86. The third kappa shape index (κ3) is 1.77. The van der Waals surface area contributed by atoms with E-state index in [-0.39, 0.29) is 11.6 Å². The number of anilines is 1. The predicted octanol–water partition coefficient (Wildman–Crippen LogP) is 2.60. The van der Waals surface area contributed by atoms with Crippen molar-refractivity contribution in [2.24, 2.45) is 0 Å². The number of carbonyl (C=O) groups is 1. The Hall–Kier alpha value is -2.62. The van der Waals surface area contributed by atoms with Gasteiger partial charge in [-0.05, 0) is 24.6 Å². The Labute approximate surface area is 117 Å². The third-order valence-corrected chi connectivity index (χ3v) is 3.47. The molecule has 1 heterocycles. The summed E-state index contributed by atoms with van der Waals surface area (Å²) in [7, 11) is 1.68. The van der Waals surface area contributed by atoms with E-state index in [4.69, 9.17) is 0 Å². The predicted molar refractivity (Wildman–Crippen MR) is 78.4 cm³/mol. The summed E-state index contributed by atoms with van der Waals surface area (Å²) in [6, 6.07) is 14.5. The van der Waals surface area contributed by atoms with E-state index in [0.717, 1.165) is 16.0 Å². The highest BCUT2D eigenvalue weighted by Crippen LogP contribution is 2.29. The molecule has 4 nitrogen and oxygen atoms in total. The normalized spacial score (nSPS) is 16.3. The molecule has 0 aliphatic carbocycles. The van der Waals surface area contributed by atoms with E-state index in [2.05, 4.69) is 0 Å². The highest BCUT2D eigenvalue weighted by atomic mass is 16.5. The van der Waals surface area contributed by atoms with Crippen LogP contribution in [0.5, 0.6) is 0 Å². The van der Waals surface area contributed by atoms with Gasteiger partial charge in [-0.25, -0.2) is 0 Å². The van der Waals surface area contributed by atoms with Gasteiger partial charge in [0.1, 0.15) is 0 Å². The standard InChI is InChI=1S/C16H14N2O2/c1-11-6-5-7-12(10-11)18(20)15-13-8-3-4-9-14(13)17(2)16(15)19/h3-10H,1-2H3/b18-15+. The first-order chi connectivity index (χ1) is 9.59. The molecule has 2 aromatic carbocycles. The van der Waals surface area contributed by atoms with E-state index in [1.807, 2.05) is 37.3 Å². The van der Waals surface area contributed by atoms with Crippen LogP contribution in [0.3, 0.4) is 0 Å². The number of carbonyl (C=O) groups excluding carboxylic acids is 1. The number of fused-ring (bicyclic) bond motifs is 1. The molecule has 0 fully saturated rings. The fourth-order valence-corrected chi connectivity index (χ4v) is 2.43. The Bertz CT molecular complexity index is 735. The fourth-order valence-electron chi connectivity index (χ4n) is 2.43. The van der Waals surface area contributed by atoms with Crippen LogP contribution >= 0.6 is 0 Å². The van der Waals surface area contributed by atoms with Crippen molar-refractivity contribution in [2.45, 2.75) is 6.92 Å². The summed E-state index contributed by atoms with van der Waals surface area (Å²) in [6.07, 6.45) is 0. The highest BCUT2D eigenvalue weighted by Gasteiger charge is 2.37. The average molecular weight is 266 g/mol. The Balaban J connectivity index is 2.23. The molecule has 100 valence electrons. The first-order valence-corrected chi connectivity index (χ1v) is 6.38. The van der Waals surface area contributed by atoms with E-state index in [1.54, 1.807) is 25.2 Å². The van der Waals surface area contributed by atoms with E-state index in [0.29, 0.717) is 11.3 Å². The number of likely N-dealkylation sites (N-methyl/N-ethyl adjacent to an activating group) is 1. The van der Waals surface area contributed by atoms with Gasteiger partial charge in [0.05, 0.1) is 11.3 Å². The smallest absolute Gasteiger partial charge is 0.324 e. The number of rotatable bonds is 1. The Morgan fingerprint density at radius 3 is 2.60 bits per heavy atom. The largest absolute Gasteiger partial charge is 0.618 e. The van der Waals surface area contributed by atoms with Crippen LogP contribution in [0, 0.1) is 12.1 Å². The van der Waals surface area contributed by atoms with E-state index in [9.17, 15) is 10.0 Å². The highest BCUT2D eigenvalue weighted by molar-refractivity contribution is 6.52. The van der Waals surface area contributed by atoms with E-state index >= 15 is 0 Å². The van der Waals surface area contributed by atoms with E-state index < -0.39 is 0 Å². The summed E-state index contributed by atoms with van der Waals surface area (Å²) in [5.41, 5.74) is 3.07. The molecule has 0 bridgehead atoms. The summed E-state index contributed by atoms with van der Waals surface area (Å²) >= 11 is 0. The van der Waals surface area contributed by atoms with Gasteiger partial charge >= 0.3 is 5.91 Å². The lowest BCUT2D eigenvalue weighted by atomic mass is 10.1. The summed E-state index contributed by atoms with van der Waals surface area (Å²) < 4.78 is 0.720. The zero-order valence-corrected chi connectivity index (χ0v) is 11.3. The van der Waals surface area contributed by atoms with Gasteiger partial charge in [0, 0.05) is 19.2 Å². The van der Waals surface area contributed by atoms with Crippen LogP contribution in [-0.4, -0.2) is 23.4 Å². The van der Waals surface area contributed by atoms with E-state index in [1.165, 1.54) is 4.90 Å². The number of benzene rings is 2. The molecule has 0 radical (unpaired) electrons. The van der Waals surface area contributed by atoms with Crippen LogP contribution in [0.15, 0.2) is 48.5 Å². The van der Waals surface area contributed by atoms with Gasteiger partial charge in [-0.2, -0.15) is 4.74 Å². The van der Waals surface area contributed by atoms with Crippen LogP contribution in [0.4, 0.5) is 11.4 Å². The molecule has 0 aromatic heterocycles. The number of hydrogen-bond acceptors (Lipinski definition) is 2.